The molecule has 3 aliphatic heterocycles. The smallest absolute Gasteiger partial charge is 0.328 e. The Morgan fingerprint density at radius 1 is 0.444 bits per heavy atom. The normalized spacial score (nSPS) is 21.3. The van der Waals surface area contributed by atoms with E-state index in [2.05, 4.69) is 16.0 Å². The number of piperazine rings is 3. The number of nitrogens with zero attached hydrogens (tertiary/aromatic N) is 6. The number of aliphatic carboxylic acids is 2. The first-order valence-electron chi connectivity index (χ1n) is 35.5. The molecule has 3 heterocycles. The molecule has 3 aromatic carbocycles. The summed E-state index contributed by atoms with van der Waals surface area (Å²) in [5.41, 5.74) is -4.36. The molecule has 2 aliphatic carbocycles. The summed E-state index contributed by atoms with van der Waals surface area (Å²) >= 11 is 36.9. The Balaban J connectivity index is 0.000000258. The number of esters is 3. The molecular formula is C75H99Cl6N9O18. The zero-order valence-corrected chi connectivity index (χ0v) is 67.9. The van der Waals surface area contributed by atoms with Crippen LogP contribution in [0.25, 0.3) is 0 Å². The van der Waals surface area contributed by atoms with Crippen molar-refractivity contribution in [1.82, 2.24) is 45.3 Å². The second-order valence-corrected chi connectivity index (χ2v) is 33.3. The molecule has 27 nitrogen and oxygen atoms in total. The van der Waals surface area contributed by atoms with Gasteiger partial charge in [0.2, 0.25) is 29.5 Å². The van der Waals surface area contributed by atoms with Crippen molar-refractivity contribution in [2.75, 3.05) is 92.7 Å². The van der Waals surface area contributed by atoms with Crippen LogP contribution in [0.15, 0.2) is 54.6 Å². The molecular weight excluding hydrogens is 1530 g/mol. The van der Waals surface area contributed by atoms with Crippen molar-refractivity contribution in [3.8, 4) is 0 Å². The van der Waals surface area contributed by atoms with Crippen LogP contribution in [0.2, 0.25) is 30.1 Å². The van der Waals surface area contributed by atoms with Crippen molar-refractivity contribution in [2.24, 2.45) is 33.5 Å². The number of carbonyl (C=O) groups is 13. The van der Waals surface area contributed by atoms with Crippen LogP contribution in [-0.2, 0) is 62.2 Å². The summed E-state index contributed by atoms with van der Waals surface area (Å²) in [5.74, 6) is -8.20. The molecule has 108 heavy (non-hydrogen) atoms. The number of hydrogen-bond donors (Lipinski definition) is 5. The number of nitrogens with one attached hydrogen (secondary N) is 3. The average molecular weight is 1630 g/mol. The second kappa shape index (κ2) is 37.0. The van der Waals surface area contributed by atoms with Crippen molar-refractivity contribution in [2.45, 2.75) is 157 Å². The minimum Gasteiger partial charge on any atom is -0.481 e. The first-order chi connectivity index (χ1) is 50.2. The van der Waals surface area contributed by atoms with Crippen molar-refractivity contribution in [3.05, 3.63) is 101 Å². The van der Waals surface area contributed by atoms with Gasteiger partial charge in [0.15, 0.2) is 0 Å². The van der Waals surface area contributed by atoms with Gasteiger partial charge in [0.1, 0.15) is 29.3 Å². The summed E-state index contributed by atoms with van der Waals surface area (Å²) in [5, 5.41) is 28.9. The summed E-state index contributed by atoms with van der Waals surface area (Å²) in [6.07, 6.45) is 0.669. The van der Waals surface area contributed by atoms with Gasteiger partial charge in [-0.1, -0.05) is 115 Å². The average Bonchev–Trinajstić information content (AvgIpc) is 1.58. The number of carbonyl (C=O) groups excluding carboxylic acids is 11. The highest BCUT2D eigenvalue weighted by atomic mass is 35.5. The summed E-state index contributed by atoms with van der Waals surface area (Å²) in [6.45, 7) is 24.4. The summed E-state index contributed by atoms with van der Waals surface area (Å²) in [7, 11) is 2.81. The maximum atomic E-state index is 13.5. The van der Waals surface area contributed by atoms with Crippen LogP contribution in [0.4, 0.5) is 0 Å². The molecule has 2 saturated carbocycles. The van der Waals surface area contributed by atoms with Gasteiger partial charge in [-0.25, -0.2) is 9.59 Å². The lowest BCUT2D eigenvalue weighted by Gasteiger charge is -2.40. The highest BCUT2D eigenvalue weighted by Crippen LogP contribution is 2.58. The lowest BCUT2D eigenvalue weighted by Crippen LogP contribution is -2.54. The second-order valence-electron chi connectivity index (χ2n) is 30.9. The maximum Gasteiger partial charge on any atom is 0.328 e. The Bertz CT molecular complexity index is 3840. The molecule has 5 N–H and O–H groups in total. The van der Waals surface area contributed by atoms with Crippen LogP contribution in [0, 0.1) is 33.5 Å². The van der Waals surface area contributed by atoms with Gasteiger partial charge in [0.25, 0.3) is 17.7 Å². The molecule has 8 amide bonds. The van der Waals surface area contributed by atoms with E-state index >= 15 is 0 Å². The SMILES string of the molecule is CC1(C)[C@@H](C(=O)N[C@@H](CC(=O)N2CCN(C(=O)c3c(Cl)cccc3Cl)CC2)C(=O)O)CC[C@@]1(C)C(=O)O.CN[C@@H](CC(=O)N1CCN(C(=O)c2c(Cl)cccc2Cl)CC1)C(=O)OC(C)(C)C.COC(=O)[C@H](CC(=O)N1CCN(C(=O)c2c(Cl)cccc2Cl)CC1)NC(=O)[C@H]1CC[C@@](C)(C(=O)OC(C)(C)C)C1(C)C. The zero-order chi connectivity index (χ0) is 81.1. The van der Waals surface area contributed by atoms with Gasteiger partial charge < -0.3 is 69.8 Å². The summed E-state index contributed by atoms with van der Waals surface area (Å²) in [6, 6.07) is 11.1. The molecule has 3 aromatic rings. The Morgan fingerprint density at radius 2 is 0.731 bits per heavy atom. The van der Waals surface area contributed by atoms with E-state index in [0.717, 1.165) is 0 Å². The number of rotatable bonds is 19. The van der Waals surface area contributed by atoms with Crippen LogP contribution >= 0.6 is 69.6 Å². The third-order valence-electron chi connectivity index (χ3n) is 21.3. The molecule has 0 radical (unpaired) electrons. The van der Waals surface area contributed by atoms with E-state index in [1.165, 1.54) is 16.9 Å². The lowest BCUT2D eigenvalue weighted by molar-refractivity contribution is -0.174. The van der Waals surface area contributed by atoms with Gasteiger partial charge in [-0.3, -0.25) is 52.7 Å². The number of amides is 8. The number of benzene rings is 3. The topological polar surface area (TPSA) is 346 Å². The Kier molecular flexibility index (Phi) is 30.6. The number of carboxylic acid groups (broad SMARTS) is 2. The van der Waals surface area contributed by atoms with Crippen molar-refractivity contribution in [1.29, 1.82) is 0 Å². The largest absolute Gasteiger partial charge is 0.481 e. The molecule has 7 atom stereocenters. The van der Waals surface area contributed by atoms with Gasteiger partial charge in [0, 0.05) is 90.4 Å². The fraction of sp³-hybridized carbons (Fsp3) is 0.587. The molecule has 8 rings (SSSR count). The van der Waals surface area contributed by atoms with Crippen LogP contribution in [-0.4, -0.2) is 239 Å². The van der Waals surface area contributed by atoms with Crippen molar-refractivity contribution in [3.63, 3.8) is 0 Å². The van der Waals surface area contributed by atoms with Crippen LogP contribution in [0.5, 0.6) is 0 Å². The quantitative estimate of drug-likeness (QED) is 0.0550. The monoisotopic (exact) mass is 1620 g/mol. The number of hydrogen-bond acceptors (Lipinski definition) is 17. The molecule has 3 saturated heterocycles. The van der Waals surface area contributed by atoms with E-state index in [4.69, 9.17) is 83.8 Å². The molecule has 594 valence electrons. The molecule has 0 bridgehead atoms. The van der Waals surface area contributed by atoms with Crippen LogP contribution < -0.4 is 16.0 Å². The fourth-order valence-corrected chi connectivity index (χ4v) is 15.5. The number of ether oxygens (including phenoxy) is 3. The van der Waals surface area contributed by atoms with Crippen LogP contribution in [0.3, 0.4) is 0 Å². The van der Waals surface area contributed by atoms with Gasteiger partial charge >= 0.3 is 29.8 Å². The number of halogens is 6. The molecule has 5 aliphatic rings. The van der Waals surface area contributed by atoms with E-state index in [1.807, 2.05) is 13.8 Å². The van der Waals surface area contributed by atoms with E-state index in [9.17, 15) is 72.5 Å². The molecule has 0 spiro atoms. The standard InChI is InChI=1S/C30H41Cl2N3O7.C25H31Cl2N3O7.C20H27Cl2N3O4/c1-28(2,3)42-27(40)30(6)12-11-18(29(30,4)5)24(37)33-21(26(39)41-7)17-22(36)34-13-15-35(16-14-34)25(38)23-19(31)9-8-10-20(23)32;1-24(2)14(7-8-25(24,3)23(36)37)20(32)28-17(22(34)35)13-18(31)29-9-11-30(12-10-29)21(33)19-15(26)5-4-6-16(19)27;1-20(2,3)29-19(28)15(23-4)12-16(26)24-8-10-25(11-9-24)18(27)17-13(21)6-5-7-14(17)22/h8-10,18,21H,11-17H2,1-7H3,(H,33,37);4-6,14,17H,7-13H2,1-3H3,(H,28,32)(H,34,35)(H,36,37);5-7,15,23H,8-12H2,1-4H3/t18-,21+,30+;14-,17+,25+;15-/m110/s1. The molecule has 33 heteroatoms. The number of carboxylic acids is 2. The van der Waals surface area contributed by atoms with Crippen molar-refractivity contribution < 1.29 is 86.8 Å². The molecule has 0 aromatic heterocycles. The molecule has 5 fully saturated rings. The Labute approximate surface area is 659 Å². The summed E-state index contributed by atoms with van der Waals surface area (Å²) in [4.78, 5) is 175. The molecule has 0 unspecified atom stereocenters. The third kappa shape index (κ3) is 21.5. The third-order valence-corrected chi connectivity index (χ3v) is 23.2. The first kappa shape index (κ1) is 89.4. The minimum atomic E-state index is -1.46. The highest BCUT2D eigenvalue weighted by molar-refractivity contribution is 6.41. The lowest BCUT2D eigenvalue weighted by atomic mass is 9.65. The predicted octanol–water partition coefficient (Wildman–Crippen LogP) is 9.47. The van der Waals surface area contributed by atoms with Gasteiger partial charge in [0.05, 0.1) is 84.0 Å². The van der Waals surface area contributed by atoms with Crippen LogP contribution in [0.1, 0.15) is 159 Å². The predicted molar refractivity (Wildman–Crippen MR) is 406 cm³/mol. The highest BCUT2D eigenvalue weighted by Gasteiger charge is 2.61. The van der Waals surface area contributed by atoms with E-state index in [-0.39, 0.29) is 144 Å². The Hall–Kier alpha value is -7.53. The van der Waals surface area contributed by atoms with Gasteiger partial charge in [-0.2, -0.15) is 0 Å². The van der Waals surface area contributed by atoms with E-state index in [0.29, 0.717) is 55.5 Å². The fourth-order valence-electron chi connectivity index (χ4n) is 13.8. The number of methoxy groups -OCH3 is 1. The van der Waals surface area contributed by atoms with E-state index < -0.39 is 111 Å². The number of likely N-dealkylation sites (N-methyl/N-ethyl adjacent to an activating group) is 1. The van der Waals surface area contributed by atoms with E-state index in [1.54, 1.807) is 150 Å². The first-order valence-corrected chi connectivity index (χ1v) is 37.7. The van der Waals surface area contributed by atoms with Crippen molar-refractivity contribution >= 4 is 147 Å². The zero-order valence-electron chi connectivity index (χ0n) is 63.4. The van der Waals surface area contributed by atoms with Gasteiger partial charge in [-0.15, -0.1) is 0 Å². The maximum absolute atomic E-state index is 13.5. The Morgan fingerprint density at radius 3 is 1.02 bits per heavy atom. The summed E-state index contributed by atoms with van der Waals surface area (Å²) < 4.78 is 15.9. The minimum absolute atomic E-state index is 0.00426. The van der Waals surface area contributed by atoms with Gasteiger partial charge in [-0.05, 0) is 135 Å².